The minimum atomic E-state index is -0.320. The summed E-state index contributed by atoms with van der Waals surface area (Å²) in [6.07, 6.45) is 10.2. The molecule has 1 N–H and O–H groups in total. The molecule has 0 aliphatic heterocycles. The van der Waals surface area contributed by atoms with Crippen LogP contribution in [-0.2, 0) is 4.79 Å². The molecule has 1 aliphatic carbocycles. The van der Waals surface area contributed by atoms with Crippen molar-refractivity contribution < 1.29 is 4.79 Å². The number of halogens is 1. The highest BCUT2D eigenvalue weighted by Gasteiger charge is 2.31. The molecule has 4 rings (SSSR count). The van der Waals surface area contributed by atoms with Crippen molar-refractivity contribution in [3.8, 4) is 10.6 Å². The van der Waals surface area contributed by atoms with Crippen molar-refractivity contribution in [3.05, 3.63) is 72.1 Å². The maximum Gasteiger partial charge on any atom is 0.228 e. The summed E-state index contributed by atoms with van der Waals surface area (Å²) in [5.74, 6) is 1.25. The van der Waals surface area contributed by atoms with Crippen LogP contribution in [0.5, 0.6) is 0 Å². The molecular formula is C25H26ClN5OS. The number of pyridine rings is 2. The molecule has 0 bridgehead atoms. The van der Waals surface area contributed by atoms with E-state index < -0.39 is 0 Å². The van der Waals surface area contributed by atoms with Gasteiger partial charge in [0.05, 0.1) is 22.0 Å². The number of likely N-dealkylation sites (N-methyl/N-ethyl adjacent to an activating group) is 1. The minimum Gasteiger partial charge on any atom is -0.342 e. The Bertz CT molecular complexity index is 1230. The lowest BCUT2D eigenvalue weighted by molar-refractivity contribution is -0.113. The number of nitrogens with one attached hydrogen (secondary N) is 1. The van der Waals surface area contributed by atoms with Gasteiger partial charge in [0.15, 0.2) is 5.13 Å². The molecule has 0 fully saturated rings. The van der Waals surface area contributed by atoms with E-state index in [4.69, 9.17) is 16.6 Å². The second-order valence-electron chi connectivity index (χ2n) is 8.54. The summed E-state index contributed by atoms with van der Waals surface area (Å²) < 4.78 is 0. The third-order valence-corrected chi connectivity index (χ3v) is 7.27. The zero-order chi connectivity index (χ0) is 23.6. The molecule has 3 aromatic rings. The first-order chi connectivity index (χ1) is 15.7. The van der Waals surface area contributed by atoms with Crippen LogP contribution < -0.4 is 10.2 Å². The van der Waals surface area contributed by atoms with Crippen LogP contribution in [0.4, 0.5) is 16.8 Å². The molecule has 0 saturated heterocycles. The van der Waals surface area contributed by atoms with Gasteiger partial charge in [-0.05, 0) is 74.2 Å². The van der Waals surface area contributed by atoms with E-state index in [-0.39, 0.29) is 16.7 Å². The van der Waals surface area contributed by atoms with Crippen LogP contribution in [0.3, 0.4) is 0 Å². The van der Waals surface area contributed by atoms with E-state index in [1.165, 1.54) is 0 Å². The van der Waals surface area contributed by atoms with Gasteiger partial charge >= 0.3 is 0 Å². The SMILES string of the molecule is Cc1ccnc(Nc2cccc(-c3cnc(N(C)C(C)(C)C4=CCC(C(=O)Cl)C=C4)s3)n2)c1. The average Bonchev–Trinajstić information content (AvgIpc) is 3.29. The highest BCUT2D eigenvalue weighted by Crippen LogP contribution is 2.37. The van der Waals surface area contributed by atoms with E-state index in [2.05, 4.69) is 40.1 Å². The highest BCUT2D eigenvalue weighted by molar-refractivity contribution is 7.18. The Morgan fingerprint density at radius 2 is 2.06 bits per heavy atom. The third-order valence-electron chi connectivity index (χ3n) is 5.89. The zero-order valence-electron chi connectivity index (χ0n) is 19.0. The van der Waals surface area contributed by atoms with Gasteiger partial charge in [0.1, 0.15) is 11.6 Å². The van der Waals surface area contributed by atoms with Crippen LogP contribution in [0, 0.1) is 12.8 Å². The van der Waals surface area contributed by atoms with Gasteiger partial charge in [-0.3, -0.25) is 4.79 Å². The van der Waals surface area contributed by atoms with Crippen LogP contribution in [-0.4, -0.2) is 32.8 Å². The largest absolute Gasteiger partial charge is 0.342 e. The topological polar surface area (TPSA) is 71.0 Å². The van der Waals surface area contributed by atoms with Crippen LogP contribution >= 0.6 is 22.9 Å². The van der Waals surface area contributed by atoms with Crippen LogP contribution in [0.2, 0.25) is 0 Å². The van der Waals surface area contributed by atoms with E-state index in [9.17, 15) is 4.79 Å². The van der Waals surface area contributed by atoms with Crippen molar-refractivity contribution in [2.45, 2.75) is 32.7 Å². The summed E-state index contributed by atoms with van der Waals surface area (Å²) >= 11 is 7.24. The molecule has 3 aromatic heterocycles. The van der Waals surface area contributed by atoms with E-state index in [1.807, 2.05) is 62.7 Å². The number of anilines is 3. The van der Waals surface area contributed by atoms with Crippen molar-refractivity contribution in [2.75, 3.05) is 17.3 Å². The molecule has 170 valence electrons. The molecule has 0 aromatic carbocycles. The first-order valence-electron chi connectivity index (χ1n) is 10.7. The number of thiazole rings is 1. The fourth-order valence-corrected chi connectivity index (χ4v) is 4.74. The van der Waals surface area contributed by atoms with Crippen LogP contribution in [0.15, 0.2) is 66.5 Å². The standard InChI is InChI=1S/C25H26ClN5OS/c1-16-12-13-27-22(14-16)30-21-7-5-6-19(29-21)20-15-28-24(33-20)31(4)25(2,3)18-10-8-17(9-11-18)23(26)32/h5-8,10-15,17H,9H2,1-4H3,(H,27,29,30). The second-order valence-corrected chi connectivity index (χ2v) is 9.92. The van der Waals surface area contributed by atoms with Crippen molar-refractivity contribution in [3.63, 3.8) is 0 Å². The monoisotopic (exact) mass is 479 g/mol. The van der Waals surface area contributed by atoms with Gasteiger partial charge in [-0.2, -0.15) is 0 Å². The quantitative estimate of drug-likeness (QED) is 0.411. The molecule has 6 nitrogen and oxygen atoms in total. The van der Waals surface area contributed by atoms with E-state index in [0.29, 0.717) is 6.42 Å². The van der Waals surface area contributed by atoms with E-state index in [0.717, 1.165) is 38.5 Å². The number of hydrogen-bond donors (Lipinski definition) is 1. The molecule has 0 saturated carbocycles. The van der Waals surface area contributed by atoms with Crippen molar-refractivity contribution in [2.24, 2.45) is 5.92 Å². The Kier molecular flexibility index (Phi) is 6.63. The van der Waals surface area contributed by atoms with E-state index >= 15 is 0 Å². The molecule has 3 heterocycles. The van der Waals surface area contributed by atoms with Gasteiger partial charge in [-0.1, -0.05) is 35.6 Å². The van der Waals surface area contributed by atoms with Gasteiger partial charge in [0, 0.05) is 19.4 Å². The van der Waals surface area contributed by atoms with Gasteiger partial charge in [0.25, 0.3) is 0 Å². The minimum absolute atomic E-state index is 0.245. The number of carbonyl (C=O) groups excluding carboxylic acids is 1. The Morgan fingerprint density at radius 1 is 1.24 bits per heavy atom. The number of nitrogens with zero attached hydrogens (tertiary/aromatic N) is 4. The Morgan fingerprint density at radius 3 is 2.76 bits per heavy atom. The summed E-state index contributed by atoms with van der Waals surface area (Å²) in [5, 5.41) is 3.84. The average molecular weight is 480 g/mol. The Hall–Kier alpha value is -3.03. The summed E-state index contributed by atoms with van der Waals surface area (Å²) in [7, 11) is 2.03. The number of allylic oxidation sites excluding steroid dienone is 2. The van der Waals surface area contributed by atoms with Crippen LogP contribution in [0.25, 0.3) is 10.6 Å². The van der Waals surface area contributed by atoms with Crippen molar-refractivity contribution in [1.29, 1.82) is 0 Å². The first-order valence-corrected chi connectivity index (χ1v) is 11.9. The van der Waals surface area contributed by atoms with Crippen LogP contribution in [0.1, 0.15) is 25.8 Å². The number of aryl methyl sites for hydroxylation is 1. The second kappa shape index (κ2) is 9.45. The first kappa shape index (κ1) is 23.1. The van der Waals surface area contributed by atoms with Gasteiger partial charge in [0.2, 0.25) is 5.24 Å². The molecule has 1 atom stereocenters. The van der Waals surface area contributed by atoms with Crippen molar-refractivity contribution >= 4 is 44.9 Å². The summed E-state index contributed by atoms with van der Waals surface area (Å²) in [6.45, 7) is 6.32. The molecule has 0 radical (unpaired) electrons. The molecule has 1 unspecified atom stereocenters. The number of hydrogen-bond acceptors (Lipinski definition) is 7. The number of rotatable bonds is 7. The lowest BCUT2D eigenvalue weighted by atomic mass is 9.86. The zero-order valence-corrected chi connectivity index (χ0v) is 20.6. The number of aromatic nitrogens is 3. The van der Waals surface area contributed by atoms with E-state index in [1.54, 1.807) is 17.5 Å². The fourth-order valence-electron chi connectivity index (χ4n) is 3.59. The Labute approximate surface area is 203 Å². The van der Waals surface area contributed by atoms with Gasteiger partial charge < -0.3 is 10.2 Å². The molecule has 33 heavy (non-hydrogen) atoms. The molecule has 0 spiro atoms. The summed E-state index contributed by atoms with van der Waals surface area (Å²) in [5.41, 5.74) is 2.81. The molecule has 8 heteroatoms. The summed E-state index contributed by atoms with van der Waals surface area (Å²) in [4.78, 5) is 28.3. The number of carbonyl (C=O) groups is 1. The van der Waals surface area contributed by atoms with Gasteiger partial charge in [-0.15, -0.1) is 0 Å². The fraction of sp³-hybridized carbons (Fsp3) is 0.280. The maximum absolute atomic E-state index is 11.4. The molecule has 0 amide bonds. The smallest absolute Gasteiger partial charge is 0.228 e. The molecule has 1 aliphatic rings. The Balaban J connectivity index is 1.52. The van der Waals surface area contributed by atoms with Crippen molar-refractivity contribution in [1.82, 2.24) is 15.0 Å². The van der Waals surface area contributed by atoms with Gasteiger partial charge in [-0.25, -0.2) is 15.0 Å². The lowest BCUT2D eigenvalue weighted by Gasteiger charge is -2.38. The third kappa shape index (κ3) is 5.15. The lowest BCUT2D eigenvalue weighted by Crippen LogP contribution is -2.43. The summed E-state index contributed by atoms with van der Waals surface area (Å²) in [6, 6.07) is 9.81. The normalized spacial score (nSPS) is 15.8. The predicted octanol–water partition coefficient (Wildman–Crippen LogP) is 6.13. The maximum atomic E-state index is 11.4. The predicted molar refractivity (Wildman–Crippen MR) is 136 cm³/mol. The molecular weight excluding hydrogens is 454 g/mol. The highest BCUT2D eigenvalue weighted by atomic mass is 35.5.